The highest BCUT2D eigenvalue weighted by molar-refractivity contribution is 7.61. The van der Waals surface area contributed by atoms with E-state index in [1.807, 2.05) is 0 Å². The first-order chi connectivity index (χ1) is 17.1. The lowest BCUT2D eigenvalue weighted by atomic mass is 9.95. The van der Waals surface area contributed by atoms with Crippen LogP contribution in [0.25, 0.3) is 0 Å². The van der Waals surface area contributed by atoms with E-state index in [2.05, 4.69) is 9.29 Å². The molecule has 0 amide bonds. The number of hydrogen-bond acceptors (Lipinski definition) is 13. The van der Waals surface area contributed by atoms with E-state index in [0.29, 0.717) is 6.42 Å². The number of H-pyrrole nitrogens is 1. The zero-order chi connectivity index (χ0) is 27.7. The maximum absolute atomic E-state index is 12.4. The van der Waals surface area contributed by atoms with Crippen LogP contribution in [0, 0.1) is 6.92 Å². The van der Waals surface area contributed by atoms with Crippen LogP contribution in [0.4, 0.5) is 0 Å². The molecule has 0 aromatic carbocycles. The van der Waals surface area contributed by atoms with E-state index in [0.717, 1.165) is 4.57 Å². The predicted octanol–water partition coefficient (Wildman–Crippen LogP) is -1.86. The number of aryl methyl sites for hydroxylation is 1. The molecule has 3 rings (SSSR count). The van der Waals surface area contributed by atoms with E-state index in [1.165, 1.54) is 32.1 Å². The largest absolute Gasteiger partial charge is 0.483 e. The molecule has 2 aliphatic rings. The van der Waals surface area contributed by atoms with Gasteiger partial charge in [0.15, 0.2) is 6.29 Å². The molecule has 0 spiro atoms. The molecule has 19 heteroatoms. The summed E-state index contributed by atoms with van der Waals surface area (Å²) in [5.74, 6) is 0. The molecule has 3 heterocycles. The van der Waals surface area contributed by atoms with Crippen molar-refractivity contribution in [3.05, 3.63) is 32.6 Å². The molecular weight excluding hydrogens is 544 g/mol. The van der Waals surface area contributed by atoms with Gasteiger partial charge in [0, 0.05) is 11.8 Å². The van der Waals surface area contributed by atoms with Gasteiger partial charge in [-0.2, -0.15) is 4.31 Å². The van der Waals surface area contributed by atoms with Crippen LogP contribution in [0.3, 0.4) is 0 Å². The molecule has 2 aliphatic heterocycles. The molecule has 2 fully saturated rings. The third-order valence-corrected chi connectivity index (χ3v) is 8.45. The van der Waals surface area contributed by atoms with Gasteiger partial charge in [0.1, 0.15) is 24.5 Å². The molecule has 212 valence electrons. The minimum Gasteiger partial charge on any atom is -0.394 e. The summed E-state index contributed by atoms with van der Waals surface area (Å²) in [6, 6.07) is -1.08. The number of hydrogen-bond donors (Lipinski definition) is 6. The fraction of sp³-hybridized carbons (Fsp3) is 0.778. The van der Waals surface area contributed by atoms with E-state index in [-0.39, 0.29) is 12.0 Å². The average molecular weight is 575 g/mol. The molecule has 9 atom stereocenters. The number of aromatic amines is 1. The summed E-state index contributed by atoms with van der Waals surface area (Å²) < 4.78 is 50.4. The molecule has 37 heavy (non-hydrogen) atoms. The zero-order valence-electron chi connectivity index (χ0n) is 20.1. The fourth-order valence-corrected chi connectivity index (χ4v) is 6.24. The number of aliphatic hydroxyl groups is 3. The van der Waals surface area contributed by atoms with E-state index >= 15 is 0 Å². The Kier molecular flexibility index (Phi) is 9.68. The molecule has 2 saturated heterocycles. The van der Waals surface area contributed by atoms with Crippen LogP contribution >= 0.6 is 15.6 Å². The molecule has 0 bridgehead atoms. The topological polar surface area (TPSA) is 240 Å². The van der Waals surface area contributed by atoms with Gasteiger partial charge in [-0.1, -0.05) is 0 Å². The van der Waals surface area contributed by atoms with Crippen molar-refractivity contribution in [1.82, 2.24) is 14.5 Å². The van der Waals surface area contributed by atoms with Crippen LogP contribution in [0.1, 0.15) is 24.6 Å². The smallest absolute Gasteiger partial charge is 0.394 e. The van der Waals surface area contributed by atoms with E-state index in [1.54, 1.807) is 0 Å². The van der Waals surface area contributed by atoms with Gasteiger partial charge in [-0.25, -0.2) is 13.9 Å². The van der Waals surface area contributed by atoms with Crippen LogP contribution in [0.15, 0.2) is 15.8 Å². The monoisotopic (exact) mass is 575 g/mol. The summed E-state index contributed by atoms with van der Waals surface area (Å²) in [6.07, 6.45) is -5.99. The minimum absolute atomic E-state index is 0.277. The summed E-state index contributed by atoms with van der Waals surface area (Å²) in [7, 11) is -7.64. The Morgan fingerprint density at radius 1 is 1.14 bits per heavy atom. The molecule has 1 aromatic heterocycles. The van der Waals surface area contributed by atoms with Crippen molar-refractivity contribution in [2.45, 2.75) is 62.7 Å². The lowest BCUT2D eigenvalue weighted by Crippen LogP contribution is -2.63. The van der Waals surface area contributed by atoms with Crippen molar-refractivity contribution >= 4 is 15.6 Å². The van der Waals surface area contributed by atoms with Crippen LogP contribution in [0.5, 0.6) is 0 Å². The van der Waals surface area contributed by atoms with Gasteiger partial charge >= 0.3 is 21.3 Å². The third kappa shape index (κ3) is 7.42. The van der Waals surface area contributed by atoms with Gasteiger partial charge in [-0.15, -0.1) is 0 Å². The van der Waals surface area contributed by atoms with Gasteiger partial charge in [0.25, 0.3) is 5.56 Å². The molecule has 0 saturated carbocycles. The number of phosphoric ester groups is 2. The third-order valence-electron chi connectivity index (χ3n) is 5.85. The summed E-state index contributed by atoms with van der Waals surface area (Å²) in [4.78, 5) is 47.0. The number of aromatic nitrogens is 2. The van der Waals surface area contributed by atoms with Gasteiger partial charge in [-0.05, 0) is 33.9 Å². The van der Waals surface area contributed by atoms with Crippen molar-refractivity contribution in [2.75, 3.05) is 27.3 Å². The number of likely N-dealkylation sites (N-methyl/N-ethyl adjacent to an activating group) is 1. The van der Waals surface area contributed by atoms with Crippen molar-refractivity contribution in [1.29, 1.82) is 0 Å². The predicted molar refractivity (Wildman–Crippen MR) is 122 cm³/mol. The Bertz CT molecular complexity index is 1160. The van der Waals surface area contributed by atoms with Gasteiger partial charge in [-0.3, -0.25) is 23.4 Å². The average Bonchev–Trinajstić information content (AvgIpc) is 3.25. The normalized spacial score (nSPS) is 33.8. The van der Waals surface area contributed by atoms with Gasteiger partial charge in [0.2, 0.25) is 0 Å². The molecule has 5 unspecified atom stereocenters. The SMILES string of the molecule is Cc1cn([C@H]2CC[C@@H](COP(=O)(O)OP(=O)(O)O[C@H]3OC(CO)[C@@H](O)C(N(C)C)C3O)O2)c(=O)[nH]c1=O. The van der Waals surface area contributed by atoms with E-state index < -0.39 is 83.1 Å². The van der Waals surface area contributed by atoms with Crippen LogP contribution in [0.2, 0.25) is 0 Å². The van der Waals surface area contributed by atoms with Crippen molar-refractivity contribution in [2.24, 2.45) is 0 Å². The summed E-state index contributed by atoms with van der Waals surface area (Å²) in [5, 5.41) is 30.0. The highest BCUT2D eigenvalue weighted by Gasteiger charge is 2.49. The Morgan fingerprint density at radius 3 is 2.43 bits per heavy atom. The van der Waals surface area contributed by atoms with Crippen molar-refractivity contribution < 1.29 is 57.1 Å². The molecule has 6 N–H and O–H groups in total. The standard InChI is InChI=1S/C18H31N3O14P2/c1-9-6-21(18(26)19-16(9)25)12-5-4-10(32-12)8-31-36(27,28)35-37(29,30)34-17-15(24)13(20(2)3)14(23)11(7-22)33-17/h6,10-15,17,22-24H,4-5,7-8H2,1-3H3,(H,27,28)(H,29,30)(H,19,25,26)/t10-,11?,12+,13?,14+,15?,17+/m0/s1. The van der Waals surface area contributed by atoms with Crippen LogP contribution < -0.4 is 11.2 Å². The van der Waals surface area contributed by atoms with Crippen molar-refractivity contribution in [3.8, 4) is 0 Å². The number of phosphoric acid groups is 2. The van der Waals surface area contributed by atoms with Gasteiger partial charge < -0.3 is 39.5 Å². The Morgan fingerprint density at radius 2 is 1.81 bits per heavy atom. The number of aliphatic hydroxyl groups excluding tert-OH is 3. The number of rotatable bonds is 10. The summed E-state index contributed by atoms with van der Waals surface area (Å²) in [5.41, 5.74) is -0.963. The number of nitrogens with zero attached hydrogens (tertiary/aromatic N) is 2. The van der Waals surface area contributed by atoms with E-state index in [4.69, 9.17) is 18.5 Å². The fourth-order valence-electron chi connectivity index (χ4n) is 4.06. The second-order valence-electron chi connectivity index (χ2n) is 8.85. The molecule has 0 radical (unpaired) electrons. The number of ether oxygens (including phenoxy) is 2. The van der Waals surface area contributed by atoms with Crippen LogP contribution in [-0.4, -0.2) is 104 Å². The summed E-state index contributed by atoms with van der Waals surface area (Å²) in [6.45, 7) is 0.220. The molecule has 0 aliphatic carbocycles. The van der Waals surface area contributed by atoms with Crippen LogP contribution in [-0.2, 0) is 32.0 Å². The highest BCUT2D eigenvalue weighted by Crippen LogP contribution is 2.61. The lowest BCUT2D eigenvalue weighted by molar-refractivity contribution is -0.266. The maximum Gasteiger partial charge on any atom is 0.483 e. The maximum atomic E-state index is 12.4. The Labute approximate surface area is 210 Å². The second-order valence-corrected chi connectivity index (χ2v) is 11.8. The zero-order valence-corrected chi connectivity index (χ0v) is 21.9. The first kappa shape index (κ1) is 30.2. The molecule has 17 nitrogen and oxygen atoms in total. The first-order valence-electron chi connectivity index (χ1n) is 11.1. The Hall–Kier alpha value is -1.30. The first-order valence-corrected chi connectivity index (χ1v) is 14.1. The highest BCUT2D eigenvalue weighted by atomic mass is 31.3. The molecule has 1 aromatic rings. The minimum atomic E-state index is -5.40. The molecular formula is C18H31N3O14P2. The van der Waals surface area contributed by atoms with Gasteiger partial charge in [0.05, 0.1) is 25.4 Å². The second kappa shape index (κ2) is 11.8. The Balaban J connectivity index is 1.58. The summed E-state index contributed by atoms with van der Waals surface area (Å²) >= 11 is 0. The van der Waals surface area contributed by atoms with Crippen molar-refractivity contribution in [3.63, 3.8) is 0 Å². The van der Waals surface area contributed by atoms with E-state index in [9.17, 15) is 43.8 Å². The lowest BCUT2D eigenvalue weighted by Gasteiger charge is -2.44. The number of nitrogens with one attached hydrogen (secondary N) is 1. The quantitative estimate of drug-likeness (QED) is 0.168.